The molecule has 0 radical (unpaired) electrons. The number of hydrogen-bond acceptors (Lipinski definition) is 6. The number of ether oxygens (including phenoxy) is 2. The van der Waals surface area contributed by atoms with E-state index in [1.807, 2.05) is 26.0 Å². The number of carbonyl (C=O) groups excluding carboxylic acids is 3. The molecule has 5 atom stereocenters. The van der Waals surface area contributed by atoms with E-state index in [1.165, 1.54) is 7.11 Å². The Hall–Kier alpha value is -2.11. The Kier molecular flexibility index (Phi) is 4.47. The lowest BCUT2D eigenvalue weighted by Gasteiger charge is -2.47. The number of methoxy groups -OCH3 is 1. The van der Waals surface area contributed by atoms with Gasteiger partial charge in [0.25, 0.3) is 0 Å². The minimum Gasteiger partial charge on any atom is -0.512 e. The van der Waals surface area contributed by atoms with Crippen LogP contribution in [0.15, 0.2) is 23.5 Å². The van der Waals surface area contributed by atoms with E-state index in [0.717, 1.165) is 0 Å². The van der Waals surface area contributed by atoms with Gasteiger partial charge in [-0.2, -0.15) is 0 Å². The highest BCUT2D eigenvalue weighted by Gasteiger charge is 2.60. The Labute approximate surface area is 146 Å². The Balaban J connectivity index is 2.14. The van der Waals surface area contributed by atoms with Gasteiger partial charge in [0.1, 0.15) is 11.5 Å². The molecule has 0 spiro atoms. The van der Waals surface area contributed by atoms with Crippen LogP contribution >= 0.6 is 0 Å². The van der Waals surface area contributed by atoms with E-state index in [0.29, 0.717) is 12.8 Å². The van der Waals surface area contributed by atoms with E-state index >= 15 is 0 Å². The first-order valence-corrected chi connectivity index (χ1v) is 8.72. The second-order valence-corrected chi connectivity index (χ2v) is 7.59. The fourth-order valence-electron chi connectivity index (χ4n) is 4.49. The van der Waals surface area contributed by atoms with Crippen LogP contribution in [0.1, 0.15) is 39.5 Å². The van der Waals surface area contributed by atoms with Crippen LogP contribution in [-0.2, 0) is 23.9 Å². The van der Waals surface area contributed by atoms with E-state index in [-0.39, 0.29) is 41.8 Å². The lowest BCUT2D eigenvalue weighted by Crippen LogP contribution is -2.59. The van der Waals surface area contributed by atoms with Crippen molar-refractivity contribution in [3.8, 4) is 0 Å². The number of allylic oxidation sites excluding steroid dienone is 2. The van der Waals surface area contributed by atoms with Crippen molar-refractivity contribution in [2.45, 2.75) is 45.1 Å². The third kappa shape index (κ3) is 2.87. The smallest absolute Gasteiger partial charge is 0.351 e. The van der Waals surface area contributed by atoms with Gasteiger partial charge >= 0.3 is 11.9 Å². The van der Waals surface area contributed by atoms with E-state index in [9.17, 15) is 19.5 Å². The van der Waals surface area contributed by atoms with Gasteiger partial charge in [0.2, 0.25) is 5.60 Å². The molecule has 136 valence electrons. The SMILES string of the molecule is COC(=O)[C@]12C[C@H](C)C=C[C@@H]1[C@H]1CC(=O)C[C@@H](C)CC(O)=C1C(=O)O2. The van der Waals surface area contributed by atoms with Crippen molar-refractivity contribution in [1.29, 1.82) is 0 Å². The Bertz CT molecular complexity index is 675. The zero-order chi connectivity index (χ0) is 18.4. The molecule has 3 rings (SSSR count). The van der Waals surface area contributed by atoms with Gasteiger partial charge in [0.15, 0.2) is 0 Å². The number of ketones is 1. The summed E-state index contributed by atoms with van der Waals surface area (Å²) in [5, 5.41) is 10.5. The van der Waals surface area contributed by atoms with E-state index in [1.54, 1.807) is 0 Å². The predicted molar refractivity (Wildman–Crippen MR) is 88.4 cm³/mol. The van der Waals surface area contributed by atoms with Crippen molar-refractivity contribution >= 4 is 17.7 Å². The largest absolute Gasteiger partial charge is 0.512 e. The molecule has 1 fully saturated rings. The van der Waals surface area contributed by atoms with Gasteiger partial charge in [-0.25, -0.2) is 9.59 Å². The minimum atomic E-state index is -1.43. The summed E-state index contributed by atoms with van der Waals surface area (Å²) in [5.74, 6) is -2.40. The van der Waals surface area contributed by atoms with E-state index < -0.39 is 29.4 Å². The fraction of sp³-hybridized carbons (Fsp3) is 0.632. The average molecular weight is 348 g/mol. The molecular weight excluding hydrogens is 324 g/mol. The van der Waals surface area contributed by atoms with Crippen molar-refractivity contribution in [3.63, 3.8) is 0 Å². The molecule has 1 saturated heterocycles. The summed E-state index contributed by atoms with van der Waals surface area (Å²) < 4.78 is 10.6. The van der Waals surface area contributed by atoms with Crippen molar-refractivity contribution in [2.24, 2.45) is 23.7 Å². The Morgan fingerprint density at radius 3 is 2.64 bits per heavy atom. The Morgan fingerprint density at radius 1 is 1.24 bits per heavy atom. The van der Waals surface area contributed by atoms with Crippen LogP contribution in [0.5, 0.6) is 0 Å². The third-order valence-corrected chi connectivity index (χ3v) is 5.52. The maximum atomic E-state index is 12.7. The van der Waals surface area contributed by atoms with Crippen LogP contribution in [0.25, 0.3) is 0 Å². The molecule has 6 nitrogen and oxygen atoms in total. The molecule has 0 amide bonds. The van der Waals surface area contributed by atoms with Crippen molar-refractivity contribution < 1.29 is 29.0 Å². The number of fused-ring (bicyclic) bond motifs is 3. The zero-order valence-corrected chi connectivity index (χ0v) is 14.8. The summed E-state index contributed by atoms with van der Waals surface area (Å²) in [6, 6.07) is 0. The van der Waals surface area contributed by atoms with Crippen molar-refractivity contribution in [2.75, 3.05) is 7.11 Å². The molecule has 2 aliphatic carbocycles. The highest BCUT2D eigenvalue weighted by molar-refractivity contribution is 5.97. The van der Waals surface area contributed by atoms with Gasteiger partial charge in [-0.15, -0.1) is 0 Å². The average Bonchev–Trinajstić information content (AvgIpc) is 2.51. The van der Waals surface area contributed by atoms with Gasteiger partial charge in [0, 0.05) is 37.5 Å². The highest BCUT2D eigenvalue weighted by Crippen LogP contribution is 2.49. The van der Waals surface area contributed by atoms with Crippen LogP contribution in [-0.4, -0.2) is 35.5 Å². The normalized spacial score (nSPS) is 38.2. The van der Waals surface area contributed by atoms with Gasteiger partial charge in [-0.1, -0.05) is 26.0 Å². The molecule has 0 saturated carbocycles. The van der Waals surface area contributed by atoms with Crippen LogP contribution in [0.4, 0.5) is 0 Å². The third-order valence-electron chi connectivity index (χ3n) is 5.52. The second kappa shape index (κ2) is 6.32. The maximum Gasteiger partial charge on any atom is 0.351 e. The molecule has 1 N–H and O–H groups in total. The Morgan fingerprint density at radius 2 is 1.96 bits per heavy atom. The maximum absolute atomic E-state index is 12.7. The molecule has 0 unspecified atom stereocenters. The lowest BCUT2D eigenvalue weighted by molar-refractivity contribution is -0.195. The van der Waals surface area contributed by atoms with E-state index in [4.69, 9.17) is 9.47 Å². The number of Topliss-reactive ketones (excluding diaryl/α,β-unsaturated/α-hetero) is 1. The molecular formula is C19H24O6. The molecule has 6 heteroatoms. The molecule has 0 aromatic rings. The van der Waals surface area contributed by atoms with E-state index in [2.05, 4.69) is 0 Å². The van der Waals surface area contributed by atoms with Crippen LogP contribution in [0.3, 0.4) is 0 Å². The number of aliphatic hydroxyl groups excluding tert-OH is 1. The van der Waals surface area contributed by atoms with Crippen LogP contribution in [0, 0.1) is 23.7 Å². The minimum absolute atomic E-state index is 0.0273. The number of esters is 2. The first-order chi connectivity index (χ1) is 11.8. The summed E-state index contributed by atoms with van der Waals surface area (Å²) in [6.45, 7) is 3.79. The van der Waals surface area contributed by atoms with Gasteiger partial charge in [0.05, 0.1) is 12.7 Å². The molecule has 0 aromatic heterocycles. The highest BCUT2D eigenvalue weighted by atomic mass is 16.6. The zero-order valence-electron chi connectivity index (χ0n) is 14.8. The molecule has 0 aromatic carbocycles. The van der Waals surface area contributed by atoms with Gasteiger partial charge in [-0.3, -0.25) is 4.79 Å². The van der Waals surface area contributed by atoms with Gasteiger partial charge in [-0.05, 0) is 11.8 Å². The van der Waals surface area contributed by atoms with Crippen molar-refractivity contribution in [3.05, 3.63) is 23.5 Å². The fourth-order valence-corrected chi connectivity index (χ4v) is 4.49. The van der Waals surface area contributed by atoms with Crippen LogP contribution in [0.2, 0.25) is 0 Å². The first-order valence-electron chi connectivity index (χ1n) is 8.72. The molecule has 25 heavy (non-hydrogen) atoms. The van der Waals surface area contributed by atoms with Crippen molar-refractivity contribution in [1.82, 2.24) is 0 Å². The van der Waals surface area contributed by atoms with Gasteiger partial charge < -0.3 is 14.6 Å². The molecule has 3 aliphatic rings. The first kappa shape index (κ1) is 17.7. The number of aliphatic hydroxyl groups is 1. The summed E-state index contributed by atoms with van der Waals surface area (Å²) in [6.07, 6.45) is 4.83. The van der Waals surface area contributed by atoms with Crippen LogP contribution < -0.4 is 0 Å². The summed E-state index contributed by atoms with van der Waals surface area (Å²) in [7, 11) is 1.26. The topological polar surface area (TPSA) is 89.9 Å². The predicted octanol–water partition coefficient (Wildman–Crippen LogP) is 2.48. The molecule has 0 bridgehead atoms. The summed E-state index contributed by atoms with van der Waals surface area (Å²) in [5.41, 5.74) is -1.29. The number of carbonyl (C=O) groups is 3. The number of hydrogen-bond donors (Lipinski definition) is 1. The summed E-state index contributed by atoms with van der Waals surface area (Å²) >= 11 is 0. The summed E-state index contributed by atoms with van der Waals surface area (Å²) in [4.78, 5) is 37.7. The lowest BCUT2D eigenvalue weighted by atomic mass is 9.64. The molecule has 1 aliphatic heterocycles. The second-order valence-electron chi connectivity index (χ2n) is 7.59. The standard InChI is InChI=1S/C19H24O6/c1-10-4-5-14-13-8-12(20)6-11(2)7-15(21)16(13)17(22)25-19(14,9-10)18(23)24-3/h4-5,10-11,13-14,21H,6-9H2,1-3H3/t10-,11-,13-,14-,19+/m1/s1. The number of rotatable bonds is 1. The molecule has 1 heterocycles. The quantitative estimate of drug-likeness (QED) is 0.578. The monoisotopic (exact) mass is 348 g/mol.